The first-order valence-electron chi connectivity index (χ1n) is 5.71. The number of amides is 1. The first-order chi connectivity index (χ1) is 7.77. The van der Waals surface area contributed by atoms with Gasteiger partial charge in [-0.25, -0.2) is 0 Å². The van der Waals surface area contributed by atoms with Crippen LogP contribution in [-0.2, 0) is 0 Å². The summed E-state index contributed by atoms with van der Waals surface area (Å²) in [4.78, 5) is 18.7. The quantitative estimate of drug-likeness (QED) is 0.652. The molecule has 1 unspecified atom stereocenters. The van der Waals surface area contributed by atoms with Crippen LogP contribution >= 0.6 is 0 Å². The summed E-state index contributed by atoms with van der Waals surface area (Å²) >= 11 is 0. The van der Waals surface area contributed by atoms with E-state index in [1.54, 1.807) is 0 Å². The summed E-state index contributed by atoms with van der Waals surface area (Å²) in [5.74, 6) is 0.643. The molecule has 82 valence electrons. The molecule has 16 heavy (non-hydrogen) atoms. The van der Waals surface area contributed by atoms with Gasteiger partial charge >= 0.3 is 0 Å². The lowest BCUT2D eigenvalue weighted by Gasteiger charge is -2.21. The molecule has 0 radical (unpaired) electrons. The molecule has 1 amide bonds. The van der Waals surface area contributed by atoms with E-state index in [4.69, 9.17) is 0 Å². The Balaban J connectivity index is 2.10. The zero-order valence-corrected chi connectivity index (χ0v) is 9.26. The average Bonchev–Trinajstić information content (AvgIpc) is 2.60. The minimum atomic E-state index is 0.127. The van der Waals surface area contributed by atoms with Crippen LogP contribution in [0.1, 0.15) is 23.7 Å². The molecule has 0 spiro atoms. The fraction of sp³-hybridized carbons (Fsp3) is 0.385. The summed E-state index contributed by atoms with van der Waals surface area (Å²) in [6, 6.07) is 7.76. The molecule has 2 atom stereocenters. The largest absolute Gasteiger partial charge is 0.330 e. The average molecular weight is 214 g/mol. The lowest BCUT2D eigenvalue weighted by atomic mass is 10.0. The molecule has 3 nitrogen and oxygen atoms in total. The molecule has 1 saturated heterocycles. The number of hydrogen-bond donors (Lipinski definition) is 0. The van der Waals surface area contributed by atoms with Crippen molar-refractivity contribution in [1.29, 1.82) is 0 Å². The summed E-state index contributed by atoms with van der Waals surface area (Å²) in [7, 11) is 0. The number of hydrogen-bond acceptors (Lipinski definition) is 2. The van der Waals surface area contributed by atoms with Gasteiger partial charge < -0.3 is 4.90 Å². The molecule has 0 bridgehead atoms. The Kier molecular flexibility index (Phi) is 2.06. The van der Waals surface area contributed by atoms with Crippen molar-refractivity contribution >= 4 is 17.8 Å². The van der Waals surface area contributed by atoms with Crippen LogP contribution in [0.2, 0.25) is 0 Å². The van der Waals surface area contributed by atoms with E-state index in [0.29, 0.717) is 5.92 Å². The Hall–Kier alpha value is -1.64. The van der Waals surface area contributed by atoms with Gasteiger partial charge in [0, 0.05) is 12.8 Å². The maximum absolute atomic E-state index is 12.3. The molecule has 1 aromatic carbocycles. The van der Waals surface area contributed by atoms with Crippen LogP contribution in [0.5, 0.6) is 0 Å². The Morgan fingerprint density at radius 2 is 2.19 bits per heavy atom. The first-order valence-corrected chi connectivity index (χ1v) is 5.71. The van der Waals surface area contributed by atoms with Crippen LogP contribution in [0.4, 0.5) is 5.69 Å². The van der Waals surface area contributed by atoms with Gasteiger partial charge in [0.2, 0.25) is 0 Å². The van der Waals surface area contributed by atoms with Gasteiger partial charge in [0.15, 0.2) is 0 Å². The molecule has 0 aliphatic carbocycles. The fourth-order valence-corrected chi connectivity index (χ4v) is 2.51. The lowest BCUT2D eigenvalue weighted by Crippen LogP contribution is -2.37. The topological polar surface area (TPSA) is 32.7 Å². The second-order valence-corrected chi connectivity index (χ2v) is 4.55. The van der Waals surface area contributed by atoms with Crippen molar-refractivity contribution < 1.29 is 4.79 Å². The third kappa shape index (κ3) is 1.28. The second kappa shape index (κ2) is 3.44. The molecule has 0 N–H and O–H groups in total. The number of rotatable bonds is 0. The maximum Gasteiger partial charge on any atom is 0.256 e. The van der Waals surface area contributed by atoms with E-state index in [-0.39, 0.29) is 11.9 Å². The van der Waals surface area contributed by atoms with Crippen molar-refractivity contribution in [3.05, 3.63) is 29.8 Å². The van der Waals surface area contributed by atoms with E-state index < -0.39 is 0 Å². The highest BCUT2D eigenvalue weighted by atomic mass is 16.2. The zero-order chi connectivity index (χ0) is 11.1. The molecule has 3 rings (SSSR count). The molecule has 2 aliphatic rings. The van der Waals surface area contributed by atoms with E-state index in [1.807, 2.05) is 35.4 Å². The summed E-state index contributed by atoms with van der Waals surface area (Å²) in [6.07, 6.45) is 3.01. The van der Waals surface area contributed by atoms with E-state index in [0.717, 1.165) is 24.2 Å². The highest BCUT2D eigenvalue weighted by Gasteiger charge is 2.35. The molecule has 1 fully saturated rings. The molecule has 3 heteroatoms. The number of nitrogens with zero attached hydrogens (tertiary/aromatic N) is 2. The van der Waals surface area contributed by atoms with Crippen LogP contribution in [-0.4, -0.2) is 29.6 Å². The van der Waals surface area contributed by atoms with Gasteiger partial charge in [-0.1, -0.05) is 19.1 Å². The van der Waals surface area contributed by atoms with Gasteiger partial charge in [-0.2, -0.15) is 0 Å². The standard InChI is InChI=1S/C13H14N2O/c1-9-6-7-15-12(9)8-14-11-5-3-2-4-10(11)13(15)16/h2-5,8-9,12H,6-7H2,1H3/t9?,12-/m1/s1. The number of carbonyl (C=O) groups excluding carboxylic acids is 1. The van der Waals surface area contributed by atoms with Crippen LogP contribution in [0, 0.1) is 5.92 Å². The number of fused-ring (bicyclic) bond motifs is 2. The normalized spacial score (nSPS) is 27.6. The molecule has 0 saturated carbocycles. The van der Waals surface area contributed by atoms with Crippen LogP contribution in [0.3, 0.4) is 0 Å². The third-order valence-electron chi connectivity index (χ3n) is 3.53. The number of carbonyl (C=O) groups is 1. The summed E-state index contributed by atoms with van der Waals surface area (Å²) in [6.45, 7) is 3.03. The molecule has 0 aromatic heterocycles. The monoisotopic (exact) mass is 214 g/mol. The van der Waals surface area contributed by atoms with Crippen LogP contribution < -0.4 is 0 Å². The van der Waals surface area contributed by atoms with Crippen molar-refractivity contribution in [2.75, 3.05) is 6.54 Å². The van der Waals surface area contributed by atoms with E-state index in [2.05, 4.69) is 11.9 Å². The van der Waals surface area contributed by atoms with E-state index in [1.165, 1.54) is 0 Å². The van der Waals surface area contributed by atoms with Gasteiger partial charge in [0.05, 0.1) is 17.3 Å². The Morgan fingerprint density at radius 3 is 3.06 bits per heavy atom. The van der Waals surface area contributed by atoms with Gasteiger partial charge in [-0.05, 0) is 24.5 Å². The minimum Gasteiger partial charge on any atom is -0.330 e. The predicted octanol–water partition coefficient (Wildman–Crippen LogP) is 2.25. The summed E-state index contributed by atoms with van der Waals surface area (Å²) < 4.78 is 0. The molecule has 1 aromatic rings. The summed E-state index contributed by atoms with van der Waals surface area (Å²) in [5.41, 5.74) is 1.53. The highest BCUT2D eigenvalue weighted by Crippen LogP contribution is 2.30. The van der Waals surface area contributed by atoms with Crippen molar-refractivity contribution in [1.82, 2.24) is 4.90 Å². The van der Waals surface area contributed by atoms with E-state index in [9.17, 15) is 4.79 Å². The van der Waals surface area contributed by atoms with Crippen molar-refractivity contribution in [3.63, 3.8) is 0 Å². The SMILES string of the molecule is CC1CCN2C(=O)c3ccccc3N=C[C@H]12. The van der Waals surface area contributed by atoms with Gasteiger partial charge in [0.25, 0.3) is 5.91 Å². The van der Waals surface area contributed by atoms with Crippen LogP contribution in [0.15, 0.2) is 29.3 Å². The smallest absolute Gasteiger partial charge is 0.256 e. The van der Waals surface area contributed by atoms with Gasteiger partial charge in [-0.3, -0.25) is 9.79 Å². The minimum absolute atomic E-state index is 0.127. The molecular weight excluding hydrogens is 200 g/mol. The zero-order valence-electron chi connectivity index (χ0n) is 9.26. The van der Waals surface area contributed by atoms with Crippen LogP contribution in [0.25, 0.3) is 0 Å². The van der Waals surface area contributed by atoms with Crippen molar-refractivity contribution in [2.45, 2.75) is 19.4 Å². The third-order valence-corrected chi connectivity index (χ3v) is 3.53. The molecule has 2 heterocycles. The Morgan fingerprint density at radius 1 is 1.38 bits per heavy atom. The fourth-order valence-electron chi connectivity index (χ4n) is 2.51. The van der Waals surface area contributed by atoms with Crippen molar-refractivity contribution in [3.8, 4) is 0 Å². The maximum atomic E-state index is 12.3. The number of aliphatic imine (C=N–C) groups is 1. The highest BCUT2D eigenvalue weighted by molar-refractivity contribution is 6.02. The van der Waals surface area contributed by atoms with E-state index >= 15 is 0 Å². The Bertz CT molecular complexity index is 467. The lowest BCUT2D eigenvalue weighted by molar-refractivity contribution is 0.0767. The second-order valence-electron chi connectivity index (χ2n) is 4.55. The predicted molar refractivity (Wildman–Crippen MR) is 63.2 cm³/mol. The van der Waals surface area contributed by atoms with Gasteiger partial charge in [-0.15, -0.1) is 0 Å². The first kappa shape index (κ1) is 9.58. The molecular formula is C13H14N2O. The van der Waals surface area contributed by atoms with Crippen molar-refractivity contribution in [2.24, 2.45) is 10.9 Å². The summed E-state index contributed by atoms with van der Waals surface area (Å²) in [5, 5.41) is 0. The van der Waals surface area contributed by atoms with Gasteiger partial charge in [0.1, 0.15) is 0 Å². The Labute approximate surface area is 94.8 Å². The molecule has 2 aliphatic heterocycles. The number of para-hydroxylation sites is 1. The number of benzene rings is 1.